The molecule has 1 fully saturated rings. The summed E-state index contributed by atoms with van der Waals surface area (Å²) in [5.74, 6) is 0.396. The molecule has 3 rings (SSSR count). The molecule has 0 saturated carbocycles. The van der Waals surface area contributed by atoms with Gasteiger partial charge in [0.05, 0.1) is 5.41 Å². The number of halogens is 1. The molecule has 2 aromatic rings. The lowest BCUT2D eigenvalue weighted by molar-refractivity contribution is -0.132. The van der Waals surface area contributed by atoms with E-state index in [1.54, 1.807) is 6.07 Å². The van der Waals surface area contributed by atoms with E-state index >= 15 is 0 Å². The van der Waals surface area contributed by atoms with E-state index in [9.17, 15) is 9.18 Å². The highest BCUT2D eigenvalue weighted by Gasteiger charge is 2.38. The van der Waals surface area contributed by atoms with Gasteiger partial charge in [0.2, 0.25) is 17.7 Å². The van der Waals surface area contributed by atoms with E-state index in [1.807, 2.05) is 0 Å². The SMILES string of the molecule is NC(=O)C1(CNc2nccc(Oc3ccc(F)cc3)n2)CCOCC1. The number of aromatic nitrogens is 2. The number of carbonyl (C=O) groups is 1. The first-order valence-electron chi connectivity index (χ1n) is 7.95. The van der Waals surface area contributed by atoms with Crippen LogP contribution < -0.4 is 15.8 Å². The molecule has 1 aromatic carbocycles. The standard InChI is InChI=1S/C17H19FN4O3/c18-12-1-3-13(4-2-12)25-14-5-8-20-16(22-14)21-11-17(15(19)23)6-9-24-10-7-17/h1-5,8H,6-7,9-11H2,(H2,19,23)(H,20,21,22). The summed E-state index contributed by atoms with van der Waals surface area (Å²) in [6, 6.07) is 7.21. The van der Waals surface area contributed by atoms with Crippen molar-refractivity contribution in [3.63, 3.8) is 0 Å². The molecule has 0 radical (unpaired) electrons. The summed E-state index contributed by atoms with van der Waals surface area (Å²) in [4.78, 5) is 20.2. The molecule has 25 heavy (non-hydrogen) atoms. The van der Waals surface area contributed by atoms with Crippen molar-refractivity contribution in [3.8, 4) is 11.6 Å². The van der Waals surface area contributed by atoms with Crippen molar-refractivity contribution >= 4 is 11.9 Å². The van der Waals surface area contributed by atoms with E-state index in [2.05, 4.69) is 15.3 Å². The third-order valence-corrected chi connectivity index (χ3v) is 4.22. The normalized spacial score (nSPS) is 16.2. The molecule has 0 unspecified atom stereocenters. The second-order valence-electron chi connectivity index (χ2n) is 5.88. The number of ether oxygens (including phenoxy) is 2. The average Bonchev–Trinajstić information content (AvgIpc) is 2.63. The Morgan fingerprint density at radius 2 is 2.00 bits per heavy atom. The molecule has 0 aliphatic carbocycles. The Morgan fingerprint density at radius 1 is 1.28 bits per heavy atom. The van der Waals surface area contributed by atoms with Crippen molar-refractivity contribution in [2.75, 3.05) is 25.1 Å². The average molecular weight is 346 g/mol. The van der Waals surface area contributed by atoms with Gasteiger partial charge in [-0.2, -0.15) is 4.98 Å². The molecule has 0 spiro atoms. The van der Waals surface area contributed by atoms with E-state index in [1.165, 1.54) is 30.5 Å². The molecule has 132 valence electrons. The number of anilines is 1. The Bertz CT molecular complexity index is 733. The Balaban J connectivity index is 1.67. The summed E-state index contributed by atoms with van der Waals surface area (Å²) in [6.07, 6.45) is 2.65. The second-order valence-corrected chi connectivity index (χ2v) is 5.88. The van der Waals surface area contributed by atoms with Gasteiger partial charge in [0.15, 0.2) is 0 Å². The van der Waals surface area contributed by atoms with Gasteiger partial charge in [0, 0.05) is 32.0 Å². The number of nitrogens with one attached hydrogen (secondary N) is 1. The molecule has 1 saturated heterocycles. The van der Waals surface area contributed by atoms with Gasteiger partial charge in [0.1, 0.15) is 11.6 Å². The quantitative estimate of drug-likeness (QED) is 0.831. The van der Waals surface area contributed by atoms with Gasteiger partial charge >= 0.3 is 0 Å². The van der Waals surface area contributed by atoms with Crippen molar-refractivity contribution < 1.29 is 18.7 Å². The van der Waals surface area contributed by atoms with Crippen LogP contribution in [0.1, 0.15) is 12.8 Å². The number of hydrogen-bond donors (Lipinski definition) is 2. The summed E-state index contributed by atoms with van der Waals surface area (Å²) < 4.78 is 23.8. The van der Waals surface area contributed by atoms with Crippen LogP contribution >= 0.6 is 0 Å². The minimum absolute atomic E-state index is 0.309. The van der Waals surface area contributed by atoms with Crippen molar-refractivity contribution in [1.82, 2.24) is 9.97 Å². The fourth-order valence-corrected chi connectivity index (χ4v) is 2.63. The number of hydrogen-bond acceptors (Lipinski definition) is 6. The van der Waals surface area contributed by atoms with Crippen molar-refractivity contribution in [3.05, 3.63) is 42.3 Å². The molecule has 8 heteroatoms. The van der Waals surface area contributed by atoms with E-state index in [0.29, 0.717) is 50.2 Å². The topological polar surface area (TPSA) is 99.4 Å². The number of primary amides is 1. The molecule has 0 bridgehead atoms. The number of nitrogens with zero attached hydrogens (tertiary/aromatic N) is 2. The molecular weight excluding hydrogens is 327 g/mol. The zero-order valence-electron chi connectivity index (χ0n) is 13.6. The van der Waals surface area contributed by atoms with E-state index < -0.39 is 5.41 Å². The molecule has 7 nitrogen and oxygen atoms in total. The highest BCUT2D eigenvalue weighted by molar-refractivity contribution is 5.81. The van der Waals surface area contributed by atoms with E-state index in [0.717, 1.165) is 0 Å². The minimum Gasteiger partial charge on any atom is -0.439 e. The highest BCUT2D eigenvalue weighted by atomic mass is 19.1. The zero-order valence-corrected chi connectivity index (χ0v) is 13.6. The summed E-state index contributed by atoms with van der Waals surface area (Å²) in [7, 11) is 0. The van der Waals surface area contributed by atoms with Crippen LogP contribution in [0.4, 0.5) is 10.3 Å². The predicted octanol–water partition coefficient (Wildman–Crippen LogP) is 2.10. The Morgan fingerprint density at radius 3 is 2.68 bits per heavy atom. The largest absolute Gasteiger partial charge is 0.439 e. The van der Waals surface area contributed by atoms with Crippen LogP contribution in [0.15, 0.2) is 36.5 Å². The number of benzene rings is 1. The lowest BCUT2D eigenvalue weighted by Gasteiger charge is -2.34. The van der Waals surface area contributed by atoms with Gasteiger partial charge in [-0.05, 0) is 37.1 Å². The lowest BCUT2D eigenvalue weighted by atomic mass is 9.79. The van der Waals surface area contributed by atoms with Gasteiger partial charge in [-0.3, -0.25) is 4.79 Å². The number of nitrogens with two attached hydrogens (primary N) is 1. The fourth-order valence-electron chi connectivity index (χ4n) is 2.63. The van der Waals surface area contributed by atoms with E-state index in [4.69, 9.17) is 15.2 Å². The Labute approximate surface area is 144 Å². The van der Waals surface area contributed by atoms with Crippen molar-refractivity contribution in [2.45, 2.75) is 12.8 Å². The monoisotopic (exact) mass is 346 g/mol. The summed E-state index contributed by atoms with van der Waals surface area (Å²) in [5.41, 5.74) is 4.91. The van der Waals surface area contributed by atoms with Crippen LogP contribution in [0.25, 0.3) is 0 Å². The smallest absolute Gasteiger partial charge is 0.225 e. The van der Waals surface area contributed by atoms with Crippen molar-refractivity contribution in [2.24, 2.45) is 11.1 Å². The maximum atomic E-state index is 12.9. The maximum Gasteiger partial charge on any atom is 0.225 e. The minimum atomic E-state index is -0.671. The first kappa shape index (κ1) is 17.1. The van der Waals surface area contributed by atoms with Crippen LogP contribution in [-0.2, 0) is 9.53 Å². The van der Waals surface area contributed by atoms with Crippen molar-refractivity contribution in [1.29, 1.82) is 0 Å². The van der Waals surface area contributed by atoms with Crippen LogP contribution in [0.2, 0.25) is 0 Å². The molecule has 1 amide bonds. The molecule has 1 aliphatic heterocycles. The third kappa shape index (κ3) is 4.21. The molecular formula is C17H19FN4O3. The van der Waals surface area contributed by atoms with E-state index in [-0.39, 0.29) is 11.7 Å². The number of carbonyl (C=O) groups excluding carboxylic acids is 1. The zero-order chi connectivity index (χ0) is 17.7. The van der Waals surface area contributed by atoms with Crippen LogP contribution in [-0.4, -0.2) is 35.6 Å². The summed E-state index contributed by atoms with van der Waals surface area (Å²) in [5, 5.41) is 3.05. The van der Waals surface area contributed by atoms with Gasteiger partial charge in [0.25, 0.3) is 0 Å². The fraction of sp³-hybridized carbons (Fsp3) is 0.353. The molecule has 0 atom stereocenters. The van der Waals surface area contributed by atoms with Crippen LogP contribution in [0, 0.1) is 11.2 Å². The lowest BCUT2D eigenvalue weighted by Crippen LogP contribution is -2.46. The number of rotatable bonds is 6. The molecule has 1 aliphatic rings. The van der Waals surface area contributed by atoms with Gasteiger partial charge in [-0.1, -0.05) is 0 Å². The van der Waals surface area contributed by atoms with Gasteiger partial charge < -0.3 is 20.5 Å². The second kappa shape index (κ2) is 7.43. The maximum absolute atomic E-state index is 12.9. The predicted molar refractivity (Wildman–Crippen MR) is 88.7 cm³/mol. The molecule has 3 N–H and O–H groups in total. The van der Waals surface area contributed by atoms with Crippen LogP contribution in [0.5, 0.6) is 11.6 Å². The Hall–Kier alpha value is -2.74. The van der Waals surface area contributed by atoms with Crippen LogP contribution in [0.3, 0.4) is 0 Å². The highest BCUT2D eigenvalue weighted by Crippen LogP contribution is 2.30. The first-order valence-corrected chi connectivity index (χ1v) is 7.95. The molecule has 1 aromatic heterocycles. The van der Waals surface area contributed by atoms with Gasteiger partial charge in [-0.15, -0.1) is 0 Å². The Kier molecular flexibility index (Phi) is 5.08. The van der Waals surface area contributed by atoms with Gasteiger partial charge in [-0.25, -0.2) is 9.37 Å². The summed E-state index contributed by atoms with van der Waals surface area (Å²) in [6.45, 7) is 1.32. The number of amides is 1. The third-order valence-electron chi connectivity index (χ3n) is 4.22. The molecule has 2 heterocycles. The first-order chi connectivity index (χ1) is 12.1. The summed E-state index contributed by atoms with van der Waals surface area (Å²) >= 11 is 0.